The second-order valence-corrected chi connectivity index (χ2v) is 4.90. The molecule has 1 aromatic rings. The van der Waals surface area contributed by atoms with E-state index in [1.807, 2.05) is 11.9 Å². The average molecular weight is 280 g/mol. The lowest BCUT2D eigenvalue weighted by atomic mass is 10.1. The zero-order valence-electron chi connectivity index (χ0n) is 11.3. The summed E-state index contributed by atoms with van der Waals surface area (Å²) >= 11 is 0. The quantitative estimate of drug-likeness (QED) is 0.646. The number of aromatic nitrogens is 1. The fourth-order valence-electron chi connectivity index (χ4n) is 2.18. The molecule has 0 bridgehead atoms. The summed E-state index contributed by atoms with van der Waals surface area (Å²) in [6.45, 7) is 4.32. The Hall–Kier alpha value is -2.22. The van der Waals surface area contributed by atoms with Gasteiger partial charge in [-0.25, -0.2) is 9.78 Å². The van der Waals surface area contributed by atoms with E-state index in [2.05, 4.69) is 16.8 Å². The van der Waals surface area contributed by atoms with E-state index in [0.717, 1.165) is 12.7 Å². The summed E-state index contributed by atoms with van der Waals surface area (Å²) in [6.07, 6.45) is 1.02. The second-order valence-electron chi connectivity index (χ2n) is 4.90. The number of rotatable bonds is 3. The van der Waals surface area contributed by atoms with Crippen LogP contribution in [0.25, 0.3) is 0 Å². The van der Waals surface area contributed by atoms with Crippen molar-refractivity contribution < 1.29 is 14.8 Å². The zero-order valence-corrected chi connectivity index (χ0v) is 11.3. The molecule has 20 heavy (non-hydrogen) atoms. The lowest BCUT2D eigenvalue weighted by Gasteiger charge is -2.38. The molecule has 0 saturated carbocycles. The van der Waals surface area contributed by atoms with E-state index in [9.17, 15) is 14.9 Å². The van der Waals surface area contributed by atoms with Crippen LogP contribution in [0.15, 0.2) is 12.3 Å². The molecule has 2 rings (SSSR count). The van der Waals surface area contributed by atoms with E-state index < -0.39 is 16.6 Å². The highest BCUT2D eigenvalue weighted by atomic mass is 16.6. The first kappa shape index (κ1) is 14.2. The minimum absolute atomic E-state index is 0.314. The van der Waals surface area contributed by atoms with Crippen molar-refractivity contribution in [3.8, 4) is 0 Å². The van der Waals surface area contributed by atoms with Crippen LogP contribution >= 0.6 is 0 Å². The highest BCUT2D eigenvalue weighted by molar-refractivity contribution is 5.93. The van der Waals surface area contributed by atoms with Crippen LogP contribution in [-0.4, -0.2) is 58.6 Å². The number of carboxylic acid groups (broad SMARTS) is 1. The monoisotopic (exact) mass is 280 g/mol. The van der Waals surface area contributed by atoms with Crippen LogP contribution < -0.4 is 4.90 Å². The van der Waals surface area contributed by atoms with Crippen LogP contribution in [-0.2, 0) is 0 Å². The first-order valence-corrected chi connectivity index (χ1v) is 6.23. The van der Waals surface area contributed by atoms with Gasteiger partial charge < -0.3 is 14.9 Å². The Morgan fingerprint density at radius 1 is 1.55 bits per heavy atom. The van der Waals surface area contributed by atoms with Crippen molar-refractivity contribution in [3.63, 3.8) is 0 Å². The van der Waals surface area contributed by atoms with Crippen LogP contribution in [0.1, 0.15) is 17.3 Å². The average Bonchev–Trinajstić information content (AvgIpc) is 2.41. The van der Waals surface area contributed by atoms with Crippen LogP contribution in [0.2, 0.25) is 0 Å². The largest absolute Gasteiger partial charge is 0.477 e. The summed E-state index contributed by atoms with van der Waals surface area (Å²) in [4.78, 5) is 29.3. The molecular weight excluding hydrogens is 264 g/mol. The number of hydrogen-bond acceptors (Lipinski definition) is 6. The van der Waals surface area contributed by atoms with Crippen molar-refractivity contribution in [2.45, 2.75) is 13.0 Å². The van der Waals surface area contributed by atoms with Gasteiger partial charge in [0.1, 0.15) is 17.6 Å². The molecule has 1 unspecified atom stereocenters. The van der Waals surface area contributed by atoms with Gasteiger partial charge in [-0.05, 0) is 14.0 Å². The van der Waals surface area contributed by atoms with Crippen LogP contribution in [0.4, 0.5) is 11.5 Å². The van der Waals surface area contributed by atoms with Crippen LogP contribution in [0.3, 0.4) is 0 Å². The van der Waals surface area contributed by atoms with Gasteiger partial charge in [0.2, 0.25) is 0 Å². The predicted molar refractivity (Wildman–Crippen MR) is 72.2 cm³/mol. The molecule has 8 heteroatoms. The molecule has 0 aromatic carbocycles. The first-order valence-electron chi connectivity index (χ1n) is 6.23. The van der Waals surface area contributed by atoms with Gasteiger partial charge in [-0.3, -0.25) is 10.1 Å². The van der Waals surface area contributed by atoms with Gasteiger partial charge in [0.25, 0.3) is 0 Å². The first-order chi connectivity index (χ1) is 9.40. The maximum absolute atomic E-state index is 11.1. The van der Waals surface area contributed by atoms with Crippen molar-refractivity contribution in [2.24, 2.45) is 0 Å². The van der Waals surface area contributed by atoms with Gasteiger partial charge in [0, 0.05) is 31.7 Å². The number of anilines is 1. The summed E-state index contributed by atoms with van der Waals surface area (Å²) < 4.78 is 0. The van der Waals surface area contributed by atoms with Gasteiger partial charge in [-0.2, -0.15) is 0 Å². The topological polar surface area (TPSA) is 99.8 Å². The number of pyridine rings is 1. The Labute approximate surface area is 115 Å². The number of nitro groups is 1. The molecule has 0 spiro atoms. The molecule has 8 nitrogen and oxygen atoms in total. The Bertz CT molecular complexity index is 548. The molecule has 1 N–H and O–H groups in total. The molecule has 1 saturated heterocycles. The normalized spacial score (nSPS) is 19.9. The molecule has 0 amide bonds. The smallest absolute Gasteiger partial charge is 0.342 e. The van der Waals surface area contributed by atoms with E-state index in [0.29, 0.717) is 24.9 Å². The highest BCUT2D eigenvalue weighted by Gasteiger charge is 2.26. The molecule has 0 aliphatic carbocycles. The Morgan fingerprint density at radius 2 is 2.25 bits per heavy atom. The maximum Gasteiger partial charge on any atom is 0.342 e. The molecule has 108 valence electrons. The standard InChI is InChI=1S/C12H16N4O4/c1-8-7-15(4-3-14(8)2)11-5-9(12(17)18)10(6-13-11)16(19)20/h5-6,8H,3-4,7H2,1-2H3,(H,17,18). The van der Waals surface area contributed by atoms with Crippen molar-refractivity contribution in [1.82, 2.24) is 9.88 Å². The second kappa shape index (κ2) is 5.41. The van der Waals surface area contributed by atoms with Crippen LogP contribution in [0.5, 0.6) is 0 Å². The number of hydrogen-bond donors (Lipinski definition) is 1. The zero-order chi connectivity index (χ0) is 14.9. The summed E-state index contributed by atoms with van der Waals surface area (Å²) in [5, 5.41) is 19.9. The fourth-order valence-corrected chi connectivity index (χ4v) is 2.18. The minimum atomic E-state index is -1.32. The van der Waals surface area contributed by atoms with E-state index in [-0.39, 0.29) is 5.56 Å². The Balaban J connectivity index is 2.32. The number of piperazine rings is 1. The van der Waals surface area contributed by atoms with Gasteiger partial charge in [-0.15, -0.1) is 0 Å². The number of carbonyl (C=O) groups is 1. The van der Waals surface area contributed by atoms with Crippen LogP contribution in [0, 0.1) is 10.1 Å². The van der Waals surface area contributed by atoms with Crippen molar-refractivity contribution in [3.05, 3.63) is 27.9 Å². The number of carboxylic acids is 1. The van der Waals surface area contributed by atoms with E-state index in [4.69, 9.17) is 5.11 Å². The number of likely N-dealkylation sites (N-methyl/N-ethyl adjacent to an activating group) is 1. The molecule has 2 heterocycles. The SMILES string of the molecule is CC1CN(c2cc(C(=O)O)c([N+](=O)[O-])cn2)CCN1C. The van der Waals surface area contributed by atoms with E-state index in [1.54, 1.807) is 0 Å². The Morgan fingerprint density at radius 3 is 2.80 bits per heavy atom. The molecule has 1 aliphatic rings. The van der Waals surface area contributed by atoms with E-state index >= 15 is 0 Å². The highest BCUT2D eigenvalue weighted by Crippen LogP contribution is 2.23. The Kier molecular flexibility index (Phi) is 3.84. The van der Waals surface area contributed by atoms with Crippen molar-refractivity contribution in [2.75, 3.05) is 31.6 Å². The molecule has 1 fully saturated rings. The fraction of sp³-hybridized carbons (Fsp3) is 0.500. The molecule has 1 atom stereocenters. The van der Waals surface area contributed by atoms with Gasteiger partial charge in [0.15, 0.2) is 0 Å². The third-order valence-electron chi connectivity index (χ3n) is 3.58. The predicted octanol–water partition coefficient (Wildman–Crippen LogP) is 0.828. The summed E-state index contributed by atoms with van der Waals surface area (Å²) in [5.74, 6) is -0.851. The van der Waals surface area contributed by atoms with Gasteiger partial charge in [-0.1, -0.05) is 0 Å². The number of aromatic carboxylic acids is 1. The third-order valence-corrected chi connectivity index (χ3v) is 3.58. The van der Waals surface area contributed by atoms with E-state index in [1.165, 1.54) is 6.07 Å². The maximum atomic E-state index is 11.1. The summed E-state index contributed by atoms with van der Waals surface area (Å²) in [5.41, 5.74) is -0.810. The molecule has 1 aromatic heterocycles. The lowest BCUT2D eigenvalue weighted by molar-refractivity contribution is -0.385. The minimum Gasteiger partial charge on any atom is -0.477 e. The molecule has 0 radical (unpaired) electrons. The summed E-state index contributed by atoms with van der Waals surface area (Å²) in [7, 11) is 2.02. The third kappa shape index (κ3) is 2.69. The summed E-state index contributed by atoms with van der Waals surface area (Å²) in [6, 6.07) is 1.59. The van der Waals surface area contributed by atoms with Crippen molar-refractivity contribution >= 4 is 17.5 Å². The lowest BCUT2D eigenvalue weighted by Crippen LogP contribution is -2.50. The van der Waals surface area contributed by atoms with Gasteiger partial charge in [0.05, 0.1) is 4.92 Å². The molecule has 1 aliphatic heterocycles. The molecular formula is C12H16N4O4. The van der Waals surface area contributed by atoms with Gasteiger partial charge >= 0.3 is 11.7 Å². The van der Waals surface area contributed by atoms with Crippen molar-refractivity contribution in [1.29, 1.82) is 0 Å². The number of nitrogens with zero attached hydrogens (tertiary/aromatic N) is 4.